The average molecular weight is 289 g/mol. The highest BCUT2D eigenvalue weighted by molar-refractivity contribution is 6.31. The van der Waals surface area contributed by atoms with E-state index in [2.05, 4.69) is 5.10 Å². The molecule has 2 atom stereocenters. The van der Waals surface area contributed by atoms with Crippen LogP contribution in [0.3, 0.4) is 0 Å². The Kier molecular flexibility index (Phi) is 6.30. The molecule has 4 nitrogen and oxygen atoms in total. The number of aryl methyl sites for hydroxylation is 2. The van der Waals surface area contributed by atoms with Gasteiger partial charge < -0.3 is 9.84 Å². The van der Waals surface area contributed by atoms with Crippen LogP contribution in [0.15, 0.2) is 0 Å². The Morgan fingerprint density at radius 2 is 2.00 bits per heavy atom. The van der Waals surface area contributed by atoms with E-state index in [9.17, 15) is 5.11 Å². The molecule has 1 N–H and O–H groups in total. The van der Waals surface area contributed by atoms with Crippen molar-refractivity contribution in [3.05, 3.63) is 16.4 Å². The standard InChI is InChI=1S/C14H25ClN2O2/c1-6-10-13(15)11(17(7-2)16-10)8-12(18)14(19-5)9(3)4/h9,12,14,18H,6-8H2,1-5H3. The van der Waals surface area contributed by atoms with Crippen molar-refractivity contribution in [3.8, 4) is 0 Å². The summed E-state index contributed by atoms with van der Waals surface area (Å²) in [5.74, 6) is 0.252. The number of rotatable bonds is 7. The first-order valence-corrected chi connectivity index (χ1v) is 7.28. The molecule has 0 saturated heterocycles. The number of hydrogen-bond acceptors (Lipinski definition) is 3. The maximum absolute atomic E-state index is 10.3. The molecule has 0 bridgehead atoms. The number of methoxy groups -OCH3 is 1. The van der Waals surface area contributed by atoms with Gasteiger partial charge in [-0.3, -0.25) is 4.68 Å². The maximum atomic E-state index is 10.3. The molecular formula is C14H25ClN2O2. The van der Waals surface area contributed by atoms with E-state index in [0.29, 0.717) is 11.4 Å². The Labute approximate surface area is 120 Å². The van der Waals surface area contributed by atoms with Crippen LogP contribution in [0.2, 0.25) is 5.02 Å². The van der Waals surface area contributed by atoms with Crippen LogP contribution in [0.5, 0.6) is 0 Å². The lowest BCUT2D eigenvalue weighted by Crippen LogP contribution is -2.35. The van der Waals surface area contributed by atoms with Crippen LogP contribution in [-0.4, -0.2) is 34.2 Å². The van der Waals surface area contributed by atoms with E-state index < -0.39 is 6.10 Å². The van der Waals surface area contributed by atoms with E-state index in [1.54, 1.807) is 7.11 Å². The van der Waals surface area contributed by atoms with E-state index in [-0.39, 0.29) is 12.0 Å². The van der Waals surface area contributed by atoms with Gasteiger partial charge in [-0.15, -0.1) is 0 Å². The molecule has 0 radical (unpaired) electrons. The van der Waals surface area contributed by atoms with Gasteiger partial charge in [-0.2, -0.15) is 5.10 Å². The highest BCUT2D eigenvalue weighted by atomic mass is 35.5. The van der Waals surface area contributed by atoms with Crippen molar-refractivity contribution in [1.29, 1.82) is 0 Å². The predicted octanol–water partition coefficient (Wildman–Crippen LogP) is 2.69. The van der Waals surface area contributed by atoms with Crippen LogP contribution < -0.4 is 0 Å². The summed E-state index contributed by atoms with van der Waals surface area (Å²) in [6, 6.07) is 0. The first-order valence-electron chi connectivity index (χ1n) is 6.91. The van der Waals surface area contributed by atoms with Gasteiger partial charge in [0.2, 0.25) is 0 Å². The molecule has 0 aliphatic rings. The highest BCUT2D eigenvalue weighted by Gasteiger charge is 2.25. The monoisotopic (exact) mass is 288 g/mol. The smallest absolute Gasteiger partial charge is 0.0859 e. The van der Waals surface area contributed by atoms with Gasteiger partial charge in [-0.1, -0.05) is 32.4 Å². The molecule has 0 spiro atoms. The fourth-order valence-corrected chi connectivity index (χ4v) is 2.75. The van der Waals surface area contributed by atoms with Gasteiger partial charge in [0, 0.05) is 20.1 Å². The van der Waals surface area contributed by atoms with Gasteiger partial charge >= 0.3 is 0 Å². The Hall–Kier alpha value is -0.580. The third kappa shape index (κ3) is 3.71. The van der Waals surface area contributed by atoms with E-state index in [4.69, 9.17) is 16.3 Å². The van der Waals surface area contributed by atoms with Crippen molar-refractivity contribution in [2.45, 2.75) is 59.3 Å². The molecule has 1 heterocycles. The zero-order valence-corrected chi connectivity index (χ0v) is 13.2. The Morgan fingerprint density at radius 3 is 2.42 bits per heavy atom. The van der Waals surface area contributed by atoms with Gasteiger partial charge in [0.05, 0.1) is 28.6 Å². The normalized spacial score (nSPS) is 14.9. The number of ether oxygens (including phenoxy) is 1. The van der Waals surface area contributed by atoms with Crippen molar-refractivity contribution in [2.24, 2.45) is 5.92 Å². The fourth-order valence-electron chi connectivity index (χ4n) is 2.40. The lowest BCUT2D eigenvalue weighted by molar-refractivity contribution is -0.0375. The number of nitrogens with zero attached hydrogens (tertiary/aromatic N) is 2. The first kappa shape index (κ1) is 16.5. The van der Waals surface area contributed by atoms with E-state index in [1.165, 1.54) is 0 Å². The summed E-state index contributed by atoms with van der Waals surface area (Å²) in [5.41, 5.74) is 1.79. The van der Waals surface area contributed by atoms with Crippen LogP contribution in [0.4, 0.5) is 0 Å². The second kappa shape index (κ2) is 7.27. The Morgan fingerprint density at radius 1 is 1.37 bits per heavy atom. The lowest BCUT2D eigenvalue weighted by atomic mass is 9.98. The minimum absolute atomic E-state index is 0.193. The number of aliphatic hydroxyl groups excluding tert-OH is 1. The van der Waals surface area contributed by atoms with Crippen molar-refractivity contribution < 1.29 is 9.84 Å². The van der Waals surface area contributed by atoms with Gasteiger partial charge in [-0.25, -0.2) is 0 Å². The molecule has 0 fully saturated rings. The Bertz CT molecular complexity index is 404. The molecular weight excluding hydrogens is 264 g/mol. The van der Waals surface area contributed by atoms with Crippen LogP contribution in [0.25, 0.3) is 0 Å². The van der Waals surface area contributed by atoms with Gasteiger partial charge in [0.15, 0.2) is 0 Å². The molecule has 0 aromatic carbocycles. The molecule has 1 rings (SSSR count). The number of halogens is 1. The zero-order valence-electron chi connectivity index (χ0n) is 12.5. The minimum Gasteiger partial charge on any atom is -0.390 e. The number of aromatic nitrogens is 2. The topological polar surface area (TPSA) is 47.3 Å². The van der Waals surface area contributed by atoms with Crippen molar-refractivity contribution >= 4 is 11.6 Å². The molecule has 1 aromatic rings. The zero-order chi connectivity index (χ0) is 14.6. The molecule has 5 heteroatoms. The molecule has 2 unspecified atom stereocenters. The van der Waals surface area contributed by atoms with Gasteiger partial charge in [-0.05, 0) is 19.3 Å². The summed E-state index contributed by atoms with van der Waals surface area (Å²) in [6.45, 7) is 8.87. The van der Waals surface area contributed by atoms with Gasteiger partial charge in [0.1, 0.15) is 0 Å². The molecule has 110 valence electrons. The Balaban J connectivity index is 2.95. The third-order valence-electron chi connectivity index (χ3n) is 3.41. The van der Waals surface area contributed by atoms with E-state index in [0.717, 1.165) is 24.4 Å². The molecule has 0 aliphatic carbocycles. The SMILES string of the molecule is CCc1nn(CC)c(CC(O)C(OC)C(C)C)c1Cl. The van der Waals surface area contributed by atoms with Crippen molar-refractivity contribution in [2.75, 3.05) is 7.11 Å². The molecule has 1 aromatic heterocycles. The summed E-state index contributed by atoms with van der Waals surface area (Å²) >= 11 is 6.34. The summed E-state index contributed by atoms with van der Waals surface area (Å²) in [6.07, 6.45) is 0.499. The highest BCUT2D eigenvalue weighted by Crippen LogP contribution is 2.24. The number of hydrogen-bond donors (Lipinski definition) is 1. The summed E-state index contributed by atoms with van der Waals surface area (Å²) in [5, 5.41) is 15.5. The van der Waals surface area contributed by atoms with Crippen LogP contribution in [0, 0.1) is 5.92 Å². The van der Waals surface area contributed by atoms with Crippen molar-refractivity contribution in [1.82, 2.24) is 9.78 Å². The molecule has 0 saturated carbocycles. The largest absolute Gasteiger partial charge is 0.390 e. The maximum Gasteiger partial charge on any atom is 0.0859 e. The minimum atomic E-state index is -0.575. The molecule has 0 amide bonds. The quantitative estimate of drug-likeness (QED) is 0.839. The van der Waals surface area contributed by atoms with Crippen LogP contribution in [0.1, 0.15) is 39.1 Å². The second-order valence-corrected chi connectivity index (χ2v) is 5.47. The predicted molar refractivity (Wildman–Crippen MR) is 77.6 cm³/mol. The average Bonchev–Trinajstić information content (AvgIpc) is 2.66. The second-order valence-electron chi connectivity index (χ2n) is 5.09. The number of aliphatic hydroxyl groups is 1. The third-order valence-corrected chi connectivity index (χ3v) is 3.84. The fraction of sp³-hybridized carbons (Fsp3) is 0.786. The molecule has 0 aliphatic heterocycles. The summed E-state index contributed by atoms with van der Waals surface area (Å²) in [4.78, 5) is 0. The van der Waals surface area contributed by atoms with Crippen LogP contribution >= 0.6 is 11.6 Å². The van der Waals surface area contributed by atoms with E-state index >= 15 is 0 Å². The van der Waals surface area contributed by atoms with Crippen molar-refractivity contribution in [3.63, 3.8) is 0 Å². The lowest BCUT2D eigenvalue weighted by Gasteiger charge is -2.25. The van der Waals surface area contributed by atoms with Crippen LogP contribution in [-0.2, 0) is 24.1 Å². The summed E-state index contributed by atoms with van der Waals surface area (Å²) in [7, 11) is 1.63. The van der Waals surface area contributed by atoms with E-state index in [1.807, 2.05) is 32.4 Å². The van der Waals surface area contributed by atoms with Gasteiger partial charge in [0.25, 0.3) is 0 Å². The first-order chi connectivity index (χ1) is 8.96. The summed E-state index contributed by atoms with van der Waals surface area (Å²) < 4.78 is 7.24. The molecule has 19 heavy (non-hydrogen) atoms.